The number of ether oxygens (including phenoxy) is 1. The average molecular weight is 429 g/mol. The summed E-state index contributed by atoms with van der Waals surface area (Å²) in [4.78, 5) is 19.2. The molecule has 0 saturated carbocycles. The Morgan fingerprint density at radius 1 is 0.966 bits per heavy atom. The second kappa shape index (κ2) is 10.3. The molecule has 1 aromatic heterocycles. The number of nitrogens with zero attached hydrogens (tertiary/aromatic N) is 2. The van der Waals surface area contributed by atoms with Gasteiger partial charge in [-0.15, -0.1) is 0 Å². The number of benzene rings is 2. The number of methoxy groups -OCH3 is 1. The fraction of sp³-hybridized carbons (Fsp3) is 0.217. The first-order valence-corrected chi connectivity index (χ1v) is 10.1. The molecule has 0 radical (unpaired) electrons. The van der Waals surface area contributed by atoms with Gasteiger partial charge >= 0.3 is 0 Å². The maximum atomic E-state index is 13.0. The number of carbonyl (C=O) groups is 1. The van der Waals surface area contributed by atoms with Crippen LogP contribution in [0.25, 0.3) is 0 Å². The molecule has 0 unspecified atom stereocenters. The van der Waals surface area contributed by atoms with E-state index in [0.29, 0.717) is 36.0 Å². The molecule has 0 N–H and O–H groups in total. The van der Waals surface area contributed by atoms with Crippen molar-refractivity contribution in [3.63, 3.8) is 0 Å². The summed E-state index contributed by atoms with van der Waals surface area (Å²) in [6.45, 7) is 0.864. The van der Waals surface area contributed by atoms with Gasteiger partial charge in [-0.05, 0) is 53.9 Å². The predicted octanol–water partition coefficient (Wildman–Crippen LogP) is 5.56. The highest BCUT2D eigenvalue weighted by molar-refractivity contribution is 6.42. The normalized spacial score (nSPS) is 10.6. The Hall–Kier alpha value is -2.56. The van der Waals surface area contributed by atoms with Crippen LogP contribution in [0.5, 0.6) is 5.75 Å². The Morgan fingerprint density at radius 3 is 2.55 bits per heavy atom. The van der Waals surface area contributed by atoms with Crippen LogP contribution in [0.4, 0.5) is 0 Å². The van der Waals surface area contributed by atoms with Crippen molar-refractivity contribution in [2.45, 2.75) is 25.9 Å². The standard InChI is InChI=1S/C23H22Cl2N2O2/c1-29-20-7-4-5-17(13-20)9-11-23(28)27(16-19-6-2-3-12-26-19)15-18-8-10-21(24)22(25)14-18/h2-8,10,12-14H,9,11,15-16H2,1H3. The van der Waals surface area contributed by atoms with Crippen LogP contribution in [0.2, 0.25) is 10.0 Å². The Labute approximate surface area is 181 Å². The summed E-state index contributed by atoms with van der Waals surface area (Å²) in [5, 5.41) is 0.974. The molecular formula is C23H22Cl2N2O2. The van der Waals surface area contributed by atoms with E-state index >= 15 is 0 Å². The third-order valence-corrected chi connectivity index (χ3v) is 5.29. The van der Waals surface area contributed by atoms with Gasteiger partial charge in [0.05, 0.1) is 29.4 Å². The van der Waals surface area contributed by atoms with Gasteiger partial charge in [0.25, 0.3) is 0 Å². The summed E-state index contributed by atoms with van der Waals surface area (Å²) in [5.74, 6) is 0.834. The number of aromatic nitrogens is 1. The number of rotatable bonds is 8. The van der Waals surface area contributed by atoms with Gasteiger partial charge in [0.1, 0.15) is 5.75 Å². The van der Waals surface area contributed by atoms with Crippen LogP contribution >= 0.6 is 23.2 Å². The molecule has 2 aromatic carbocycles. The maximum Gasteiger partial charge on any atom is 0.223 e. The maximum absolute atomic E-state index is 13.0. The van der Waals surface area contributed by atoms with Crippen molar-refractivity contribution in [1.82, 2.24) is 9.88 Å². The van der Waals surface area contributed by atoms with Gasteiger partial charge in [0.15, 0.2) is 0 Å². The zero-order valence-electron chi connectivity index (χ0n) is 16.1. The number of aryl methyl sites for hydroxylation is 1. The van der Waals surface area contributed by atoms with Gasteiger partial charge in [-0.2, -0.15) is 0 Å². The molecule has 0 aliphatic carbocycles. The van der Waals surface area contributed by atoms with Crippen LogP contribution in [0, 0.1) is 0 Å². The number of amides is 1. The van der Waals surface area contributed by atoms with E-state index in [1.54, 1.807) is 30.3 Å². The lowest BCUT2D eigenvalue weighted by atomic mass is 10.1. The topological polar surface area (TPSA) is 42.4 Å². The molecule has 0 bridgehead atoms. The molecule has 0 fully saturated rings. The van der Waals surface area contributed by atoms with E-state index in [1.807, 2.05) is 48.5 Å². The average Bonchev–Trinajstić information content (AvgIpc) is 2.75. The van der Waals surface area contributed by atoms with E-state index in [4.69, 9.17) is 27.9 Å². The van der Waals surface area contributed by atoms with E-state index in [0.717, 1.165) is 22.6 Å². The molecular weight excluding hydrogens is 407 g/mol. The van der Waals surface area contributed by atoms with Crippen LogP contribution in [-0.4, -0.2) is 22.9 Å². The van der Waals surface area contributed by atoms with E-state index in [9.17, 15) is 4.79 Å². The highest BCUT2D eigenvalue weighted by Crippen LogP contribution is 2.24. The molecule has 0 aliphatic rings. The third-order valence-electron chi connectivity index (χ3n) is 4.55. The van der Waals surface area contributed by atoms with Crippen LogP contribution in [0.15, 0.2) is 66.9 Å². The van der Waals surface area contributed by atoms with Gasteiger partial charge in [0, 0.05) is 19.2 Å². The molecule has 0 aliphatic heterocycles. The first-order valence-electron chi connectivity index (χ1n) is 9.29. The first kappa shape index (κ1) is 21.2. The van der Waals surface area contributed by atoms with Crippen LogP contribution in [0.3, 0.4) is 0 Å². The smallest absolute Gasteiger partial charge is 0.223 e. The fourth-order valence-corrected chi connectivity index (χ4v) is 3.34. The lowest BCUT2D eigenvalue weighted by molar-refractivity contribution is -0.132. The van der Waals surface area contributed by atoms with Gasteiger partial charge in [-0.3, -0.25) is 9.78 Å². The summed E-state index contributed by atoms with van der Waals surface area (Å²) in [5.41, 5.74) is 2.82. The van der Waals surface area contributed by atoms with E-state index in [-0.39, 0.29) is 5.91 Å². The quantitative estimate of drug-likeness (QED) is 0.471. The van der Waals surface area contributed by atoms with Crippen LogP contribution in [0.1, 0.15) is 23.2 Å². The lowest BCUT2D eigenvalue weighted by Gasteiger charge is -2.23. The summed E-state index contributed by atoms with van der Waals surface area (Å²) in [6.07, 6.45) is 2.75. The predicted molar refractivity (Wildman–Crippen MR) is 116 cm³/mol. The highest BCUT2D eigenvalue weighted by atomic mass is 35.5. The Kier molecular flexibility index (Phi) is 7.50. The van der Waals surface area contributed by atoms with Gasteiger partial charge < -0.3 is 9.64 Å². The second-order valence-electron chi connectivity index (χ2n) is 6.67. The van der Waals surface area contributed by atoms with Crippen LogP contribution < -0.4 is 4.74 Å². The minimum absolute atomic E-state index is 0.0459. The SMILES string of the molecule is COc1cccc(CCC(=O)N(Cc2ccc(Cl)c(Cl)c2)Cc2ccccn2)c1. The van der Waals surface area contributed by atoms with Crippen molar-refractivity contribution in [2.24, 2.45) is 0 Å². The largest absolute Gasteiger partial charge is 0.497 e. The van der Waals surface area contributed by atoms with Crippen LogP contribution in [-0.2, 0) is 24.3 Å². The van der Waals surface area contributed by atoms with Crippen molar-refractivity contribution in [3.05, 3.63) is 93.7 Å². The molecule has 29 heavy (non-hydrogen) atoms. The molecule has 3 rings (SSSR count). The van der Waals surface area contributed by atoms with Crippen molar-refractivity contribution >= 4 is 29.1 Å². The summed E-state index contributed by atoms with van der Waals surface area (Å²) in [6, 6.07) is 18.9. The Morgan fingerprint density at radius 2 is 1.83 bits per heavy atom. The first-order chi connectivity index (χ1) is 14.0. The fourth-order valence-electron chi connectivity index (χ4n) is 3.02. The number of pyridine rings is 1. The molecule has 0 atom stereocenters. The Bertz CT molecular complexity index is 964. The minimum atomic E-state index is 0.0459. The van der Waals surface area contributed by atoms with Crippen molar-refractivity contribution in [1.29, 1.82) is 0 Å². The monoisotopic (exact) mass is 428 g/mol. The Balaban J connectivity index is 1.73. The zero-order valence-corrected chi connectivity index (χ0v) is 17.7. The van der Waals surface area contributed by atoms with Gasteiger partial charge in [-0.1, -0.05) is 47.5 Å². The number of carbonyl (C=O) groups excluding carboxylic acids is 1. The molecule has 1 amide bonds. The second-order valence-corrected chi connectivity index (χ2v) is 7.49. The van der Waals surface area contributed by atoms with Crippen molar-refractivity contribution in [3.8, 4) is 5.75 Å². The third kappa shape index (κ3) is 6.21. The minimum Gasteiger partial charge on any atom is -0.497 e. The summed E-state index contributed by atoms with van der Waals surface area (Å²) in [7, 11) is 1.64. The van der Waals surface area contributed by atoms with E-state index in [1.165, 1.54) is 0 Å². The molecule has 3 aromatic rings. The molecule has 4 nitrogen and oxygen atoms in total. The van der Waals surface area contributed by atoms with Crippen molar-refractivity contribution < 1.29 is 9.53 Å². The summed E-state index contributed by atoms with van der Waals surface area (Å²) < 4.78 is 5.26. The van der Waals surface area contributed by atoms with Crippen molar-refractivity contribution in [2.75, 3.05) is 7.11 Å². The number of hydrogen-bond acceptors (Lipinski definition) is 3. The molecule has 0 saturated heterocycles. The molecule has 0 spiro atoms. The highest BCUT2D eigenvalue weighted by Gasteiger charge is 2.16. The van der Waals surface area contributed by atoms with E-state index < -0.39 is 0 Å². The van der Waals surface area contributed by atoms with E-state index in [2.05, 4.69) is 4.98 Å². The van der Waals surface area contributed by atoms with Gasteiger partial charge in [0.2, 0.25) is 5.91 Å². The molecule has 1 heterocycles. The molecule has 150 valence electrons. The lowest BCUT2D eigenvalue weighted by Crippen LogP contribution is -2.30. The summed E-state index contributed by atoms with van der Waals surface area (Å²) >= 11 is 12.2. The number of hydrogen-bond donors (Lipinski definition) is 0. The molecule has 6 heteroatoms. The zero-order chi connectivity index (χ0) is 20.6. The number of halogens is 2. The van der Waals surface area contributed by atoms with Gasteiger partial charge in [-0.25, -0.2) is 0 Å².